The van der Waals surface area contributed by atoms with Crippen LogP contribution in [0.1, 0.15) is 47.5 Å². The molecule has 2 atom stereocenters. The maximum absolute atomic E-state index is 10.8. The summed E-state index contributed by atoms with van der Waals surface area (Å²) in [5, 5.41) is 10.7. The molecule has 2 N–H and O–H groups in total. The predicted molar refractivity (Wildman–Crippen MR) is 83.4 cm³/mol. The van der Waals surface area contributed by atoms with E-state index in [0.717, 1.165) is 0 Å². The van der Waals surface area contributed by atoms with Gasteiger partial charge in [0.15, 0.2) is 8.32 Å². The van der Waals surface area contributed by atoms with Gasteiger partial charge >= 0.3 is 8.25 Å². The first kappa shape index (κ1) is 20.2. The average Bonchev–Trinajstić information content (AvgIpc) is 2.31. The summed E-state index contributed by atoms with van der Waals surface area (Å²) >= 11 is 0. The highest BCUT2D eigenvalue weighted by molar-refractivity contribution is 7.32. The van der Waals surface area contributed by atoms with Gasteiger partial charge in [-0.15, -0.1) is 9.42 Å². The van der Waals surface area contributed by atoms with Gasteiger partial charge in [-0.25, -0.2) is 0 Å². The molecule has 0 rings (SSSR count). The second kappa shape index (κ2) is 7.43. The van der Waals surface area contributed by atoms with E-state index in [1.54, 1.807) is 0 Å². The summed E-state index contributed by atoms with van der Waals surface area (Å²) in [5.74, 6) is 0. The number of rotatable bonds is 8. The Morgan fingerprint density at radius 2 is 1.65 bits per heavy atom. The molecule has 0 amide bonds. The first-order valence-corrected chi connectivity index (χ1v) is 11.1. The van der Waals surface area contributed by atoms with Crippen LogP contribution in [-0.2, 0) is 13.5 Å². The van der Waals surface area contributed by atoms with Crippen LogP contribution in [0.5, 0.6) is 0 Å². The fraction of sp³-hybridized carbons (Fsp3) is 1.00. The van der Waals surface area contributed by atoms with E-state index < -0.39 is 28.3 Å². The number of hydrogen-bond donors (Lipinski definition) is 2. The van der Waals surface area contributed by atoms with Crippen LogP contribution in [-0.4, -0.2) is 36.6 Å². The van der Waals surface area contributed by atoms with Gasteiger partial charge in [-0.1, -0.05) is 34.6 Å². The van der Waals surface area contributed by atoms with Gasteiger partial charge in [-0.3, -0.25) is 0 Å². The van der Waals surface area contributed by atoms with E-state index in [1.807, 2.05) is 13.8 Å². The van der Waals surface area contributed by atoms with E-state index in [1.165, 1.54) is 0 Å². The molecule has 0 radical (unpaired) electrons. The second-order valence-corrected chi connectivity index (χ2v) is 12.2. The minimum Gasteiger partial charge on any atom is -0.408 e. The molecule has 0 heterocycles. The van der Waals surface area contributed by atoms with Crippen LogP contribution in [0, 0.1) is 0 Å². The van der Waals surface area contributed by atoms with Crippen molar-refractivity contribution in [2.24, 2.45) is 0 Å². The predicted octanol–water partition coefficient (Wildman–Crippen LogP) is 3.59. The third kappa shape index (κ3) is 5.51. The summed E-state index contributed by atoms with van der Waals surface area (Å²) in [6, 6.07) is 0. The zero-order valence-corrected chi connectivity index (χ0v) is 15.7. The zero-order chi connectivity index (χ0) is 16.2. The smallest absolute Gasteiger partial charge is 0.408 e. The lowest BCUT2D eigenvalue weighted by Gasteiger charge is -2.43. The molecule has 0 saturated heterocycles. The fourth-order valence-corrected chi connectivity index (χ4v) is 3.28. The molecule has 0 spiro atoms. The Kier molecular flexibility index (Phi) is 7.49. The number of aliphatic hydroxyl groups is 1. The molecule has 5 nitrogen and oxygen atoms in total. The minimum atomic E-state index is -2.69. The van der Waals surface area contributed by atoms with Gasteiger partial charge in [0.05, 0.1) is 5.60 Å². The molecule has 0 saturated carbocycles. The summed E-state index contributed by atoms with van der Waals surface area (Å²) in [7, 11) is -4.78. The van der Waals surface area contributed by atoms with Crippen LogP contribution in [0.25, 0.3) is 0 Å². The molecule has 20 heavy (non-hydrogen) atoms. The fourth-order valence-electron chi connectivity index (χ4n) is 1.67. The topological polar surface area (TPSA) is 76.0 Å². The lowest BCUT2D eigenvalue weighted by molar-refractivity contribution is -0.0880. The van der Waals surface area contributed by atoms with Gasteiger partial charge in [0.1, 0.15) is 12.7 Å². The Morgan fingerprint density at radius 3 is 1.95 bits per heavy atom. The Labute approximate surface area is 124 Å². The van der Waals surface area contributed by atoms with E-state index in [-0.39, 0.29) is 11.6 Å². The average molecular weight is 325 g/mol. The molecule has 2 unspecified atom stereocenters. The zero-order valence-electron chi connectivity index (χ0n) is 13.8. The Morgan fingerprint density at radius 1 is 1.20 bits per heavy atom. The molecular formula is C13H30O5PSi+. The summed E-state index contributed by atoms with van der Waals surface area (Å²) in [6.07, 6.45) is 0.424. The molecule has 7 heteroatoms. The Balaban J connectivity index is 5.18. The molecule has 0 bridgehead atoms. The maximum atomic E-state index is 10.8. The third-order valence-corrected chi connectivity index (χ3v) is 9.26. The summed E-state index contributed by atoms with van der Waals surface area (Å²) in [6.45, 7) is 14.2. The van der Waals surface area contributed by atoms with E-state index in [2.05, 4.69) is 33.9 Å². The lowest BCUT2D eigenvalue weighted by atomic mass is 9.91. The molecule has 0 aromatic rings. The van der Waals surface area contributed by atoms with E-state index in [4.69, 9.17) is 13.8 Å². The van der Waals surface area contributed by atoms with E-state index >= 15 is 0 Å². The maximum Gasteiger partial charge on any atom is 0.694 e. The molecule has 0 aliphatic heterocycles. The van der Waals surface area contributed by atoms with Crippen LogP contribution in [0.15, 0.2) is 0 Å². The van der Waals surface area contributed by atoms with Gasteiger partial charge in [0, 0.05) is 4.57 Å². The van der Waals surface area contributed by atoms with Gasteiger partial charge < -0.3 is 9.53 Å². The first-order chi connectivity index (χ1) is 8.89. The van der Waals surface area contributed by atoms with Crippen molar-refractivity contribution in [3.05, 3.63) is 0 Å². The normalized spacial score (nSPS) is 16.1. The SMILES string of the molecule is CCC(O)(CC)C(CO[P+](=O)O)O[Si](C)(C)C(C)(C)C. The van der Waals surface area contributed by atoms with Crippen molar-refractivity contribution in [3.8, 4) is 0 Å². The Bertz CT molecular complexity index is 323. The number of hydrogen-bond acceptors (Lipinski definition) is 4. The van der Waals surface area contributed by atoms with Gasteiger partial charge in [-0.2, -0.15) is 0 Å². The highest BCUT2D eigenvalue weighted by atomic mass is 31.1. The van der Waals surface area contributed by atoms with Crippen molar-refractivity contribution in [2.75, 3.05) is 6.61 Å². The van der Waals surface area contributed by atoms with Crippen LogP contribution in [0.2, 0.25) is 18.1 Å². The first-order valence-electron chi connectivity index (χ1n) is 7.09. The van der Waals surface area contributed by atoms with Crippen LogP contribution < -0.4 is 0 Å². The van der Waals surface area contributed by atoms with Gasteiger partial charge in [0.25, 0.3) is 0 Å². The van der Waals surface area contributed by atoms with E-state index in [0.29, 0.717) is 12.8 Å². The monoisotopic (exact) mass is 325 g/mol. The van der Waals surface area contributed by atoms with Crippen LogP contribution in [0.4, 0.5) is 0 Å². The van der Waals surface area contributed by atoms with Crippen molar-refractivity contribution < 1.29 is 23.5 Å². The van der Waals surface area contributed by atoms with Crippen molar-refractivity contribution in [2.45, 2.75) is 77.3 Å². The summed E-state index contributed by atoms with van der Waals surface area (Å²) in [5.41, 5.74) is -1.04. The highest BCUT2D eigenvalue weighted by Gasteiger charge is 2.45. The molecular weight excluding hydrogens is 295 g/mol. The van der Waals surface area contributed by atoms with E-state index in [9.17, 15) is 9.67 Å². The standard InChI is InChI=1S/C13H29O5PSi/c1-8-13(14,9-2)11(10-17-19(15)16)18-20(6,7)12(3,4)5/h11,14H,8-10H2,1-7H3/p+1. The van der Waals surface area contributed by atoms with Crippen molar-refractivity contribution in [3.63, 3.8) is 0 Å². The molecule has 0 aliphatic rings. The van der Waals surface area contributed by atoms with Crippen molar-refractivity contribution in [1.82, 2.24) is 0 Å². The summed E-state index contributed by atoms with van der Waals surface area (Å²) in [4.78, 5) is 8.83. The van der Waals surface area contributed by atoms with Gasteiger partial charge in [-0.05, 0) is 31.0 Å². The largest absolute Gasteiger partial charge is 0.694 e. The molecule has 0 aliphatic carbocycles. The molecule has 0 fully saturated rings. The van der Waals surface area contributed by atoms with Gasteiger partial charge in [0.2, 0.25) is 0 Å². The molecule has 0 aromatic carbocycles. The summed E-state index contributed by atoms with van der Waals surface area (Å²) < 4.78 is 21.8. The molecule has 0 aromatic heterocycles. The Hall–Kier alpha value is 0.157. The highest BCUT2D eigenvalue weighted by Crippen LogP contribution is 2.39. The molecule has 120 valence electrons. The lowest BCUT2D eigenvalue weighted by Crippen LogP contribution is -2.53. The minimum absolute atomic E-state index is 0.00490. The van der Waals surface area contributed by atoms with Crippen LogP contribution >= 0.6 is 8.25 Å². The third-order valence-electron chi connectivity index (χ3n) is 4.40. The van der Waals surface area contributed by atoms with Crippen molar-refractivity contribution in [1.29, 1.82) is 0 Å². The van der Waals surface area contributed by atoms with Crippen LogP contribution in [0.3, 0.4) is 0 Å². The quantitative estimate of drug-likeness (QED) is 0.527. The van der Waals surface area contributed by atoms with Crippen molar-refractivity contribution >= 4 is 16.6 Å². The second-order valence-electron chi connectivity index (χ2n) is 6.71.